The van der Waals surface area contributed by atoms with Gasteiger partial charge in [-0.05, 0) is 79.4 Å². The Morgan fingerprint density at radius 2 is 1.87 bits per heavy atom. The topological polar surface area (TPSA) is 42.0 Å². The van der Waals surface area contributed by atoms with Gasteiger partial charge < -0.3 is 5.32 Å². The fraction of sp³-hybridized carbons (Fsp3) is 0.700. The van der Waals surface area contributed by atoms with Gasteiger partial charge in [0.15, 0.2) is 0 Å². The highest BCUT2D eigenvalue weighted by Gasteiger charge is 2.56. The van der Waals surface area contributed by atoms with Gasteiger partial charge in [0, 0.05) is 17.9 Å². The molecule has 23 heavy (non-hydrogen) atoms. The van der Waals surface area contributed by atoms with Crippen LogP contribution < -0.4 is 5.32 Å². The lowest BCUT2D eigenvalue weighted by atomic mass is 9.47. The molecule has 0 spiro atoms. The molecule has 4 saturated carbocycles. The van der Waals surface area contributed by atoms with Crippen LogP contribution >= 0.6 is 0 Å². The van der Waals surface area contributed by atoms with Gasteiger partial charge in [0.25, 0.3) is 0 Å². The van der Waals surface area contributed by atoms with Gasteiger partial charge >= 0.3 is 0 Å². The minimum atomic E-state index is 0.103. The molecular weight excluding hydrogens is 284 g/mol. The van der Waals surface area contributed by atoms with Gasteiger partial charge in [-0.2, -0.15) is 0 Å². The maximum absolute atomic E-state index is 12.6. The molecule has 1 N–H and O–H groups in total. The van der Waals surface area contributed by atoms with E-state index in [1.165, 1.54) is 32.1 Å². The van der Waals surface area contributed by atoms with Crippen LogP contribution in [0.25, 0.3) is 0 Å². The molecule has 4 bridgehead atoms. The SMILES string of the molecule is CC(C)C1C2CC3CC1CC(NC(=O)Cc1ccncc1)(C3)C2. The van der Waals surface area contributed by atoms with Crippen LogP contribution in [0.2, 0.25) is 0 Å². The molecule has 4 aliphatic rings. The molecule has 2 atom stereocenters. The van der Waals surface area contributed by atoms with E-state index < -0.39 is 0 Å². The van der Waals surface area contributed by atoms with E-state index in [4.69, 9.17) is 0 Å². The summed E-state index contributed by atoms with van der Waals surface area (Å²) in [5, 5.41) is 3.47. The number of hydrogen-bond donors (Lipinski definition) is 1. The van der Waals surface area contributed by atoms with Crippen LogP contribution in [0.3, 0.4) is 0 Å². The van der Waals surface area contributed by atoms with Crippen molar-refractivity contribution in [3.8, 4) is 0 Å². The Bertz CT molecular complexity index is 567. The lowest BCUT2D eigenvalue weighted by Gasteiger charge is -2.61. The number of carbonyl (C=O) groups excluding carboxylic acids is 1. The molecule has 0 aliphatic heterocycles. The van der Waals surface area contributed by atoms with Crippen LogP contribution in [0, 0.1) is 29.6 Å². The van der Waals surface area contributed by atoms with Gasteiger partial charge in [-0.15, -0.1) is 0 Å². The quantitative estimate of drug-likeness (QED) is 0.923. The number of pyridine rings is 1. The molecule has 1 aromatic rings. The number of nitrogens with one attached hydrogen (secondary N) is 1. The Labute approximate surface area is 139 Å². The van der Waals surface area contributed by atoms with E-state index in [2.05, 4.69) is 24.1 Å². The Kier molecular flexibility index (Phi) is 3.70. The van der Waals surface area contributed by atoms with Crippen LogP contribution in [0.4, 0.5) is 0 Å². The molecule has 2 unspecified atom stereocenters. The first-order chi connectivity index (χ1) is 11.0. The molecule has 4 fully saturated rings. The van der Waals surface area contributed by atoms with E-state index in [-0.39, 0.29) is 11.4 Å². The van der Waals surface area contributed by atoms with Crippen molar-refractivity contribution in [3.05, 3.63) is 30.1 Å². The molecule has 0 radical (unpaired) electrons. The summed E-state index contributed by atoms with van der Waals surface area (Å²) in [6, 6.07) is 3.88. The molecule has 1 heterocycles. The van der Waals surface area contributed by atoms with E-state index >= 15 is 0 Å². The predicted octanol–water partition coefficient (Wildman–Crippen LogP) is 3.59. The Balaban J connectivity index is 1.46. The van der Waals surface area contributed by atoms with Crippen LogP contribution in [-0.2, 0) is 11.2 Å². The Hall–Kier alpha value is -1.38. The van der Waals surface area contributed by atoms with E-state index in [1.54, 1.807) is 12.4 Å². The lowest BCUT2D eigenvalue weighted by Crippen LogP contribution is -2.63. The number of carbonyl (C=O) groups is 1. The number of rotatable bonds is 4. The number of aromatic nitrogens is 1. The Morgan fingerprint density at radius 1 is 1.22 bits per heavy atom. The van der Waals surface area contributed by atoms with Crippen molar-refractivity contribution >= 4 is 5.91 Å². The van der Waals surface area contributed by atoms with Gasteiger partial charge in [-0.1, -0.05) is 13.8 Å². The molecule has 0 aromatic carbocycles. The first-order valence-electron chi connectivity index (χ1n) is 9.24. The van der Waals surface area contributed by atoms with Crippen molar-refractivity contribution in [1.29, 1.82) is 0 Å². The lowest BCUT2D eigenvalue weighted by molar-refractivity contribution is -0.130. The summed E-state index contributed by atoms with van der Waals surface area (Å²) in [4.78, 5) is 16.6. The highest BCUT2D eigenvalue weighted by Crippen LogP contribution is 2.59. The van der Waals surface area contributed by atoms with Gasteiger partial charge in [0.2, 0.25) is 5.91 Å². The second kappa shape index (κ2) is 5.61. The maximum Gasteiger partial charge on any atom is 0.224 e. The summed E-state index contributed by atoms with van der Waals surface area (Å²) in [5.41, 5.74) is 1.16. The number of hydrogen-bond acceptors (Lipinski definition) is 2. The molecule has 5 rings (SSSR count). The first-order valence-corrected chi connectivity index (χ1v) is 9.24. The third-order valence-electron chi connectivity index (χ3n) is 6.63. The summed E-state index contributed by atoms with van der Waals surface area (Å²) >= 11 is 0. The standard InChI is InChI=1S/C20H28N2O/c1-13(2)19-16-7-15-8-17(19)12-20(10-15,11-16)22-18(23)9-14-3-5-21-6-4-14/h3-6,13,15-17,19H,7-12H2,1-2H3,(H,22,23). The van der Waals surface area contributed by atoms with Crippen molar-refractivity contribution in [1.82, 2.24) is 10.3 Å². The van der Waals surface area contributed by atoms with Crippen molar-refractivity contribution in [3.63, 3.8) is 0 Å². The van der Waals surface area contributed by atoms with Gasteiger partial charge in [0.05, 0.1) is 6.42 Å². The van der Waals surface area contributed by atoms with Crippen LogP contribution in [0.15, 0.2) is 24.5 Å². The summed E-state index contributed by atoms with van der Waals surface area (Å²) in [6.07, 6.45) is 10.5. The third kappa shape index (κ3) is 2.79. The zero-order valence-corrected chi connectivity index (χ0v) is 14.3. The van der Waals surface area contributed by atoms with E-state index in [1.807, 2.05) is 12.1 Å². The van der Waals surface area contributed by atoms with E-state index in [9.17, 15) is 4.79 Å². The molecule has 1 aromatic heterocycles. The van der Waals surface area contributed by atoms with Crippen LogP contribution in [-0.4, -0.2) is 16.4 Å². The summed E-state index contributed by atoms with van der Waals surface area (Å²) in [5.74, 6) is 4.39. The molecule has 3 heteroatoms. The van der Waals surface area contributed by atoms with Gasteiger partial charge in [-0.3, -0.25) is 9.78 Å². The summed E-state index contributed by atoms with van der Waals surface area (Å²) in [7, 11) is 0. The molecule has 1 amide bonds. The van der Waals surface area contributed by atoms with Crippen LogP contribution in [0.5, 0.6) is 0 Å². The molecule has 124 valence electrons. The first kappa shape index (κ1) is 15.2. The van der Waals surface area contributed by atoms with Crippen molar-refractivity contribution in [2.24, 2.45) is 29.6 Å². The third-order valence-corrected chi connectivity index (χ3v) is 6.63. The van der Waals surface area contributed by atoms with E-state index in [0.29, 0.717) is 6.42 Å². The van der Waals surface area contributed by atoms with Crippen molar-refractivity contribution < 1.29 is 4.79 Å². The average Bonchev–Trinajstić information content (AvgIpc) is 2.45. The van der Waals surface area contributed by atoms with E-state index in [0.717, 1.165) is 35.2 Å². The minimum absolute atomic E-state index is 0.103. The van der Waals surface area contributed by atoms with Crippen molar-refractivity contribution in [2.45, 2.75) is 57.9 Å². The highest BCUT2D eigenvalue weighted by molar-refractivity contribution is 5.79. The highest BCUT2D eigenvalue weighted by atomic mass is 16.1. The Morgan fingerprint density at radius 3 is 2.48 bits per heavy atom. The monoisotopic (exact) mass is 312 g/mol. The predicted molar refractivity (Wildman–Crippen MR) is 90.7 cm³/mol. The fourth-order valence-corrected chi connectivity index (χ4v) is 6.33. The molecule has 3 nitrogen and oxygen atoms in total. The smallest absolute Gasteiger partial charge is 0.224 e. The number of amides is 1. The van der Waals surface area contributed by atoms with Gasteiger partial charge in [-0.25, -0.2) is 0 Å². The largest absolute Gasteiger partial charge is 0.350 e. The zero-order valence-electron chi connectivity index (χ0n) is 14.3. The van der Waals surface area contributed by atoms with Gasteiger partial charge in [0.1, 0.15) is 0 Å². The fourth-order valence-electron chi connectivity index (χ4n) is 6.33. The minimum Gasteiger partial charge on any atom is -0.350 e. The second-order valence-electron chi connectivity index (χ2n) is 8.65. The maximum atomic E-state index is 12.6. The zero-order chi connectivity index (χ0) is 16.0. The van der Waals surface area contributed by atoms with Crippen LogP contribution in [0.1, 0.15) is 51.5 Å². The summed E-state index contributed by atoms with van der Waals surface area (Å²) < 4.78 is 0. The molecular formula is C20H28N2O. The second-order valence-corrected chi connectivity index (χ2v) is 8.65. The number of nitrogens with zero attached hydrogens (tertiary/aromatic N) is 1. The van der Waals surface area contributed by atoms with Crippen molar-refractivity contribution in [2.75, 3.05) is 0 Å². The summed E-state index contributed by atoms with van der Waals surface area (Å²) in [6.45, 7) is 4.78. The normalized spacial score (nSPS) is 38.0. The molecule has 0 saturated heterocycles. The molecule has 4 aliphatic carbocycles. The average molecular weight is 312 g/mol.